The molecule has 0 unspecified atom stereocenters. The Balaban J connectivity index is 2.07. The van der Waals surface area contributed by atoms with Gasteiger partial charge < -0.3 is 10.1 Å². The van der Waals surface area contributed by atoms with E-state index in [0.29, 0.717) is 18.0 Å². The van der Waals surface area contributed by atoms with E-state index in [1.54, 1.807) is 13.3 Å². The van der Waals surface area contributed by atoms with Crippen molar-refractivity contribution in [3.8, 4) is 5.88 Å². The molecule has 2 aromatic rings. The zero-order valence-electron chi connectivity index (χ0n) is 11.0. The van der Waals surface area contributed by atoms with E-state index in [-0.39, 0.29) is 5.91 Å². The van der Waals surface area contributed by atoms with Crippen molar-refractivity contribution in [1.82, 2.24) is 10.3 Å². The molecule has 4 nitrogen and oxygen atoms in total. The van der Waals surface area contributed by atoms with E-state index < -0.39 is 0 Å². The number of hydrogen-bond acceptors (Lipinski definition) is 3. The number of amides is 1. The Hall–Kier alpha value is -2.36. The summed E-state index contributed by atoms with van der Waals surface area (Å²) in [5, 5.41) is 2.87. The number of aromatic nitrogens is 1. The molecule has 0 fully saturated rings. The lowest BCUT2D eigenvalue weighted by atomic mass is 10.1. The van der Waals surface area contributed by atoms with Crippen LogP contribution < -0.4 is 10.1 Å². The molecule has 0 radical (unpaired) electrons. The molecule has 0 bridgehead atoms. The molecular formula is C15H16N2O2. The second-order valence-corrected chi connectivity index (χ2v) is 4.17. The van der Waals surface area contributed by atoms with E-state index >= 15 is 0 Å². The van der Waals surface area contributed by atoms with Gasteiger partial charge in [-0.3, -0.25) is 4.79 Å². The maximum Gasteiger partial charge on any atom is 0.251 e. The predicted molar refractivity (Wildman–Crippen MR) is 73.1 cm³/mol. The average molecular weight is 256 g/mol. The summed E-state index contributed by atoms with van der Waals surface area (Å²) in [7, 11) is 1.56. The molecule has 4 heteroatoms. The van der Waals surface area contributed by atoms with E-state index in [4.69, 9.17) is 4.74 Å². The summed E-state index contributed by atoms with van der Waals surface area (Å²) < 4.78 is 5.14. The van der Waals surface area contributed by atoms with Gasteiger partial charge in [0, 0.05) is 23.9 Å². The minimum absolute atomic E-state index is 0.0935. The number of nitrogens with zero attached hydrogens (tertiary/aromatic N) is 1. The highest BCUT2D eigenvalue weighted by Crippen LogP contribution is 2.13. The molecule has 1 N–H and O–H groups in total. The third-order valence-corrected chi connectivity index (χ3v) is 2.87. The van der Waals surface area contributed by atoms with Crippen molar-refractivity contribution < 1.29 is 9.53 Å². The summed E-state index contributed by atoms with van der Waals surface area (Å²) in [6.07, 6.45) is 1.66. The molecule has 0 spiro atoms. The minimum atomic E-state index is -0.0935. The summed E-state index contributed by atoms with van der Waals surface area (Å²) in [5.41, 5.74) is 2.50. The highest BCUT2D eigenvalue weighted by Gasteiger charge is 2.09. The van der Waals surface area contributed by atoms with Gasteiger partial charge in [-0.2, -0.15) is 0 Å². The number of methoxy groups -OCH3 is 1. The Morgan fingerprint density at radius 3 is 2.79 bits per heavy atom. The lowest BCUT2D eigenvalue weighted by Gasteiger charge is -2.09. The fourth-order valence-electron chi connectivity index (χ4n) is 1.84. The molecule has 0 aliphatic rings. The second-order valence-electron chi connectivity index (χ2n) is 4.17. The smallest absolute Gasteiger partial charge is 0.251 e. The van der Waals surface area contributed by atoms with Gasteiger partial charge >= 0.3 is 0 Å². The van der Waals surface area contributed by atoms with Gasteiger partial charge in [0.05, 0.1) is 7.11 Å². The standard InChI is InChI=1S/C15H16N2O2/c1-11-6-3-4-8-13(11)14(18)17-10-12-7-5-9-16-15(12)19-2/h3-9H,10H2,1-2H3,(H,17,18). The van der Waals surface area contributed by atoms with Crippen molar-refractivity contribution in [1.29, 1.82) is 0 Å². The van der Waals surface area contributed by atoms with Crippen LogP contribution in [-0.2, 0) is 6.54 Å². The van der Waals surface area contributed by atoms with Crippen molar-refractivity contribution in [2.75, 3.05) is 7.11 Å². The van der Waals surface area contributed by atoms with Crippen LogP contribution in [0.2, 0.25) is 0 Å². The topological polar surface area (TPSA) is 51.2 Å². The molecule has 1 heterocycles. The fourth-order valence-corrected chi connectivity index (χ4v) is 1.84. The van der Waals surface area contributed by atoms with E-state index in [1.807, 2.05) is 43.3 Å². The Morgan fingerprint density at radius 2 is 2.05 bits per heavy atom. The van der Waals surface area contributed by atoms with E-state index in [9.17, 15) is 4.79 Å². The van der Waals surface area contributed by atoms with E-state index in [0.717, 1.165) is 11.1 Å². The van der Waals surface area contributed by atoms with Crippen molar-refractivity contribution in [2.45, 2.75) is 13.5 Å². The molecule has 98 valence electrons. The van der Waals surface area contributed by atoms with Gasteiger partial charge in [0.2, 0.25) is 5.88 Å². The normalized spacial score (nSPS) is 10.0. The second kappa shape index (κ2) is 6.00. The van der Waals surface area contributed by atoms with E-state index in [2.05, 4.69) is 10.3 Å². The first kappa shape index (κ1) is 13.1. The van der Waals surface area contributed by atoms with Crippen LogP contribution in [0.5, 0.6) is 5.88 Å². The molecule has 19 heavy (non-hydrogen) atoms. The van der Waals surface area contributed by atoms with Gasteiger partial charge in [-0.15, -0.1) is 0 Å². The molecule has 0 aliphatic carbocycles. The lowest BCUT2D eigenvalue weighted by Crippen LogP contribution is -2.23. The molecule has 1 amide bonds. The number of pyridine rings is 1. The molecule has 1 aromatic heterocycles. The Morgan fingerprint density at radius 1 is 1.26 bits per heavy atom. The SMILES string of the molecule is COc1ncccc1CNC(=O)c1ccccc1C. The van der Waals surface area contributed by atoms with Crippen LogP contribution in [0.3, 0.4) is 0 Å². The van der Waals surface area contributed by atoms with Crippen LogP contribution in [0, 0.1) is 6.92 Å². The van der Waals surface area contributed by atoms with Gasteiger partial charge in [-0.05, 0) is 24.6 Å². The van der Waals surface area contributed by atoms with Crippen LogP contribution in [0.4, 0.5) is 0 Å². The van der Waals surface area contributed by atoms with E-state index in [1.165, 1.54) is 0 Å². The zero-order valence-corrected chi connectivity index (χ0v) is 11.0. The first-order valence-corrected chi connectivity index (χ1v) is 6.04. The fraction of sp³-hybridized carbons (Fsp3) is 0.200. The summed E-state index contributed by atoms with van der Waals surface area (Å²) in [6.45, 7) is 2.31. The first-order chi connectivity index (χ1) is 9.22. The maximum absolute atomic E-state index is 12.1. The highest BCUT2D eigenvalue weighted by molar-refractivity contribution is 5.95. The number of benzene rings is 1. The largest absolute Gasteiger partial charge is 0.481 e. The van der Waals surface area contributed by atoms with Gasteiger partial charge in [-0.25, -0.2) is 4.98 Å². The van der Waals surface area contributed by atoms with Crippen molar-refractivity contribution in [3.63, 3.8) is 0 Å². The van der Waals surface area contributed by atoms with Crippen LogP contribution in [0.1, 0.15) is 21.5 Å². The highest BCUT2D eigenvalue weighted by atomic mass is 16.5. The Bertz CT molecular complexity index is 582. The molecule has 0 atom stereocenters. The van der Waals surface area contributed by atoms with Crippen LogP contribution in [-0.4, -0.2) is 18.0 Å². The minimum Gasteiger partial charge on any atom is -0.481 e. The maximum atomic E-state index is 12.1. The first-order valence-electron chi connectivity index (χ1n) is 6.04. The quantitative estimate of drug-likeness (QED) is 0.913. The molecule has 1 aromatic carbocycles. The van der Waals surface area contributed by atoms with Gasteiger partial charge in [0.15, 0.2) is 0 Å². The summed E-state index contributed by atoms with van der Waals surface area (Å²) >= 11 is 0. The third kappa shape index (κ3) is 3.10. The van der Waals surface area contributed by atoms with Gasteiger partial charge in [0.25, 0.3) is 5.91 Å². The van der Waals surface area contributed by atoms with Gasteiger partial charge in [-0.1, -0.05) is 24.3 Å². The zero-order chi connectivity index (χ0) is 13.7. The lowest BCUT2D eigenvalue weighted by molar-refractivity contribution is 0.0950. The van der Waals surface area contributed by atoms with Crippen molar-refractivity contribution >= 4 is 5.91 Å². The molecule has 0 saturated heterocycles. The van der Waals surface area contributed by atoms with Crippen LogP contribution in [0.15, 0.2) is 42.6 Å². The predicted octanol–water partition coefficient (Wildman–Crippen LogP) is 2.33. The van der Waals surface area contributed by atoms with Crippen LogP contribution in [0.25, 0.3) is 0 Å². The van der Waals surface area contributed by atoms with Gasteiger partial charge in [0.1, 0.15) is 0 Å². The Labute approximate surface area is 112 Å². The number of nitrogens with one attached hydrogen (secondary N) is 1. The molecular weight excluding hydrogens is 240 g/mol. The number of rotatable bonds is 4. The number of carbonyl (C=O) groups excluding carboxylic acids is 1. The number of aryl methyl sites for hydroxylation is 1. The summed E-state index contributed by atoms with van der Waals surface area (Å²) in [6, 6.07) is 11.2. The third-order valence-electron chi connectivity index (χ3n) is 2.87. The Kier molecular flexibility index (Phi) is 4.13. The molecule has 0 aliphatic heterocycles. The average Bonchev–Trinajstić information content (AvgIpc) is 2.45. The molecule has 0 saturated carbocycles. The van der Waals surface area contributed by atoms with Crippen molar-refractivity contribution in [2.24, 2.45) is 0 Å². The molecule has 2 rings (SSSR count). The van der Waals surface area contributed by atoms with Crippen LogP contribution >= 0.6 is 0 Å². The monoisotopic (exact) mass is 256 g/mol. The number of hydrogen-bond donors (Lipinski definition) is 1. The summed E-state index contributed by atoms with van der Waals surface area (Å²) in [4.78, 5) is 16.2. The van der Waals surface area contributed by atoms with Crippen molar-refractivity contribution in [3.05, 3.63) is 59.3 Å². The summed E-state index contributed by atoms with van der Waals surface area (Å²) in [5.74, 6) is 0.441. The number of ether oxygens (including phenoxy) is 1. The number of carbonyl (C=O) groups is 1.